The van der Waals surface area contributed by atoms with Crippen molar-refractivity contribution in [1.29, 1.82) is 0 Å². The smallest absolute Gasteiger partial charge is 0.124 e. The molecule has 0 amide bonds. The molecule has 0 N–H and O–H groups in total. The first kappa shape index (κ1) is 18.0. The van der Waals surface area contributed by atoms with E-state index in [0.717, 1.165) is 34.6 Å². The van der Waals surface area contributed by atoms with Gasteiger partial charge < -0.3 is 4.57 Å². The lowest BCUT2D eigenvalue weighted by Gasteiger charge is -2.21. The number of benzene rings is 1. The normalized spacial score (nSPS) is 14.7. The van der Waals surface area contributed by atoms with Crippen LogP contribution in [0.3, 0.4) is 0 Å². The number of hydrogen-bond donors (Lipinski definition) is 0. The van der Waals surface area contributed by atoms with Gasteiger partial charge in [0.05, 0.1) is 5.69 Å². The summed E-state index contributed by atoms with van der Waals surface area (Å²) in [6.45, 7) is 10.6. The molecule has 132 valence electrons. The lowest BCUT2D eigenvalue weighted by atomic mass is 9.93. The summed E-state index contributed by atoms with van der Waals surface area (Å²) >= 11 is 6.17. The van der Waals surface area contributed by atoms with Crippen LogP contribution in [0.4, 0.5) is 4.39 Å². The number of hydrogen-bond acceptors (Lipinski definition) is 0. The quantitative estimate of drug-likeness (QED) is 0.552. The van der Waals surface area contributed by atoms with E-state index in [1.165, 1.54) is 22.5 Å². The lowest BCUT2D eigenvalue weighted by molar-refractivity contribution is 0.580. The molecule has 0 spiro atoms. The van der Waals surface area contributed by atoms with Crippen molar-refractivity contribution in [3.8, 4) is 11.1 Å². The highest BCUT2D eigenvalue weighted by Crippen LogP contribution is 2.41. The van der Waals surface area contributed by atoms with Crippen molar-refractivity contribution in [3.05, 3.63) is 63.7 Å². The number of allylic oxidation sites excluding steroid dienone is 4. The van der Waals surface area contributed by atoms with E-state index in [-0.39, 0.29) is 5.82 Å². The van der Waals surface area contributed by atoms with Crippen molar-refractivity contribution in [1.82, 2.24) is 4.57 Å². The molecular weight excluding hydrogens is 333 g/mol. The van der Waals surface area contributed by atoms with Gasteiger partial charge in [0.15, 0.2) is 0 Å². The zero-order valence-corrected chi connectivity index (χ0v) is 16.3. The van der Waals surface area contributed by atoms with Crippen LogP contribution in [0.25, 0.3) is 16.7 Å². The minimum atomic E-state index is -0.184. The van der Waals surface area contributed by atoms with Crippen molar-refractivity contribution in [3.63, 3.8) is 0 Å². The number of aromatic nitrogens is 1. The van der Waals surface area contributed by atoms with Gasteiger partial charge in [-0.2, -0.15) is 0 Å². The van der Waals surface area contributed by atoms with Gasteiger partial charge in [-0.3, -0.25) is 0 Å². The topological polar surface area (TPSA) is 4.93 Å². The second kappa shape index (κ2) is 6.84. The van der Waals surface area contributed by atoms with E-state index in [1.54, 1.807) is 12.1 Å². The largest absolute Gasteiger partial charge is 0.342 e. The van der Waals surface area contributed by atoms with Crippen molar-refractivity contribution in [2.75, 3.05) is 0 Å². The molecule has 0 bridgehead atoms. The van der Waals surface area contributed by atoms with Gasteiger partial charge in [0.25, 0.3) is 0 Å². The molecule has 1 aliphatic rings. The fourth-order valence-corrected chi connectivity index (χ4v) is 3.99. The van der Waals surface area contributed by atoms with E-state index in [4.69, 9.17) is 11.6 Å². The Morgan fingerprint density at radius 3 is 2.32 bits per heavy atom. The zero-order chi connectivity index (χ0) is 18.3. The Morgan fingerprint density at radius 2 is 1.76 bits per heavy atom. The lowest BCUT2D eigenvalue weighted by Crippen LogP contribution is -2.08. The molecular formula is C22H25ClFN. The number of aryl methyl sites for hydroxylation is 1. The molecule has 0 saturated carbocycles. The van der Waals surface area contributed by atoms with Gasteiger partial charge >= 0.3 is 0 Å². The van der Waals surface area contributed by atoms with E-state index in [0.29, 0.717) is 6.04 Å². The summed E-state index contributed by atoms with van der Waals surface area (Å²) in [6.07, 6.45) is 5.88. The fourth-order valence-electron chi connectivity index (χ4n) is 3.83. The molecule has 0 fully saturated rings. The predicted octanol–water partition coefficient (Wildman–Crippen LogP) is 7.10. The molecule has 1 nitrogen and oxygen atoms in total. The Bertz CT molecular complexity index is 864. The van der Waals surface area contributed by atoms with Crippen molar-refractivity contribution in [2.45, 2.75) is 53.5 Å². The summed E-state index contributed by atoms with van der Waals surface area (Å²) < 4.78 is 16.5. The van der Waals surface area contributed by atoms with Crippen LogP contribution in [0, 0.1) is 26.6 Å². The molecule has 0 atom stereocenters. The van der Waals surface area contributed by atoms with Crippen LogP contribution in [-0.2, 0) is 0 Å². The molecule has 0 aliphatic heterocycles. The molecule has 2 aromatic rings. The molecule has 1 aromatic carbocycles. The van der Waals surface area contributed by atoms with Crippen LogP contribution in [0.2, 0.25) is 0 Å². The van der Waals surface area contributed by atoms with Crippen LogP contribution in [0.1, 0.15) is 55.2 Å². The third-order valence-electron chi connectivity index (χ3n) is 5.01. The van der Waals surface area contributed by atoms with Gasteiger partial charge in [-0.25, -0.2) is 4.39 Å². The first-order valence-corrected chi connectivity index (χ1v) is 9.22. The van der Waals surface area contributed by atoms with Gasteiger partial charge in [-0.1, -0.05) is 23.7 Å². The summed E-state index contributed by atoms with van der Waals surface area (Å²) in [5.41, 5.74) is 7.97. The Labute approximate surface area is 154 Å². The molecule has 1 aliphatic carbocycles. The first-order chi connectivity index (χ1) is 11.8. The molecule has 0 unspecified atom stereocenters. The molecule has 0 saturated heterocycles. The van der Waals surface area contributed by atoms with Crippen LogP contribution in [0.5, 0.6) is 0 Å². The molecule has 3 rings (SSSR count). The summed E-state index contributed by atoms with van der Waals surface area (Å²) in [5.74, 6) is -0.184. The number of halogens is 2. The summed E-state index contributed by atoms with van der Waals surface area (Å²) in [4.78, 5) is 0. The van der Waals surface area contributed by atoms with Gasteiger partial charge in [-0.15, -0.1) is 0 Å². The monoisotopic (exact) mass is 357 g/mol. The minimum absolute atomic E-state index is 0.184. The molecule has 1 aromatic heterocycles. The maximum absolute atomic E-state index is 14.1. The van der Waals surface area contributed by atoms with Crippen molar-refractivity contribution < 1.29 is 4.39 Å². The Hall–Kier alpha value is -1.80. The van der Waals surface area contributed by atoms with Crippen LogP contribution in [0.15, 0.2) is 35.4 Å². The van der Waals surface area contributed by atoms with Crippen LogP contribution < -0.4 is 0 Å². The molecule has 1 heterocycles. The highest BCUT2D eigenvalue weighted by atomic mass is 35.5. The van der Waals surface area contributed by atoms with Crippen LogP contribution in [-0.4, -0.2) is 4.57 Å². The van der Waals surface area contributed by atoms with Crippen molar-refractivity contribution >= 4 is 17.2 Å². The number of nitrogens with zero attached hydrogens (tertiary/aromatic N) is 1. The average Bonchev–Trinajstić information content (AvgIpc) is 2.79. The third kappa shape index (κ3) is 3.32. The van der Waals surface area contributed by atoms with E-state index in [1.807, 2.05) is 13.0 Å². The van der Waals surface area contributed by atoms with Gasteiger partial charge in [0, 0.05) is 22.3 Å². The molecule has 0 radical (unpaired) electrons. The maximum atomic E-state index is 14.1. The third-order valence-corrected chi connectivity index (χ3v) is 5.32. The zero-order valence-electron chi connectivity index (χ0n) is 15.6. The van der Waals surface area contributed by atoms with Gasteiger partial charge in [-0.05, 0) is 87.9 Å². The van der Waals surface area contributed by atoms with E-state index in [2.05, 4.69) is 44.4 Å². The SMILES string of the molecule is Cc1cc(F)cc(-c2c(C)c(C)n(C(C)C)c2C2=CC=C(Cl)CC2)c1. The highest BCUT2D eigenvalue weighted by molar-refractivity contribution is 6.29. The van der Waals surface area contributed by atoms with Crippen LogP contribution >= 0.6 is 11.6 Å². The minimum Gasteiger partial charge on any atom is -0.342 e. The molecule has 3 heteroatoms. The highest BCUT2D eigenvalue weighted by Gasteiger charge is 2.24. The van der Waals surface area contributed by atoms with E-state index in [9.17, 15) is 4.39 Å². The summed E-state index contributed by atoms with van der Waals surface area (Å²) in [5, 5.41) is 0.892. The Morgan fingerprint density at radius 1 is 1.04 bits per heavy atom. The second-order valence-corrected chi connectivity index (χ2v) is 7.71. The summed E-state index contributed by atoms with van der Waals surface area (Å²) in [7, 11) is 0. The van der Waals surface area contributed by atoms with E-state index < -0.39 is 0 Å². The summed E-state index contributed by atoms with van der Waals surface area (Å²) in [6, 6.07) is 5.63. The molecule has 25 heavy (non-hydrogen) atoms. The standard InChI is InChI=1S/C22H25ClFN/c1-13(2)25-16(5)15(4)21(18-10-14(3)11-20(24)12-18)22(25)17-6-8-19(23)9-7-17/h6,8,10-13H,7,9H2,1-5H3. The average molecular weight is 358 g/mol. The van der Waals surface area contributed by atoms with Gasteiger partial charge in [0.1, 0.15) is 5.82 Å². The second-order valence-electron chi connectivity index (χ2n) is 7.22. The van der Waals surface area contributed by atoms with Gasteiger partial charge in [0.2, 0.25) is 0 Å². The first-order valence-electron chi connectivity index (χ1n) is 8.84. The fraction of sp³-hybridized carbons (Fsp3) is 0.364. The Kier molecular flexibility index (Phi) is 4.92. The predicted molar refractivity (Wildman–Crippen MR) is 106 cm³/mol. The maximum Gasteiger partial charge on any atom is 0.124 e. The van der Waals surface area contributed by atoms with E-state index >= 15 is 0 Å². The number of rotatable bonds is 3. The van der Waals surface area contributed by atoms with Crippen molar-refractivity contribution in [2.24, 2.45) is 0 Å². The Balaban J connectivity index is 2.33.